The van der Waals surface area contributed by atoms with E-state index in [1.54, 1.807) is 7.11 Å². The Morgan fingerprint density at radius 3 is 2.50 bits per heavy atom. The van der Waals surface area contributed by atoms with Crippen molar-refractivity contribution in [3.05, 3.63) is 56.4 Å². The molecule has 0 spiro atoms. The smallest absolute Gasteiger partial charge is 0.325 e. The van der Waals surface area contributed by atoms with Gasteiger partial charge in [-0.3, -0.25) is 14.6 Å². The number of carbonyl (C=O) groups excluding carboxylic acids is 1. The summed E-state index contributed by atoms with van der Waals surface area (Å²) in [5, 5.41) is 2.87. The van der Waals surface area contributed by atoms with Crippen molar-refractivity contribution in [1.82, 2.24) is 19.6 Å². The van der Waals surface area contributed by atoms with Gasteiger partial charge in [-0.25, -0.2) is 13.2 Å². The molecule has 0 radical (unpaired) electrons. The number of ether oxygens (including phenoxy) is 1. The molecular weight excluding hydrogens is 412 g/mol. The second-order valence-electron chi connectivity index (χ2n) is 7.07. The molecule has 2 aromatic rings. The van der Waals surface area contributed by atoms with Gasteiger partial charge >= 0.3 is 5.69 Å². The molecule has 0 bridgehead atoms. The average molecular weight is 436 g/mol. The minimum atomic E-state index is -4.08. The Labute approximate surface area is 173 Å². The molecule has 1 fully saturated rings. The van der Waals surface area contributed by atoms with Gasteiger partial charge in [0.1, 0.15) is 5.75 Å². The molecule has 2 heterocycles. The zero-order valence-corrected chi connectivity index (χ0v) is 17.5. The number of aryl methyl sites for hydroxylation is 1. The number of H-pyrrole nitrogens is 2. The summed E-state index contributed by atoms with van der Waals surface area (Å²) in [6.07, 6.45) is 0.661. The van der Waals surface area contributed by atoms with Crippen LogP contribution in [0.3, 0.4) is 0 Å². The molecule has 3 N–H and O–H groups in total. The number of aromatic amines is 2. The molecule has 1 aromatic heterocycles. The molecule has 1 saturated heterocycles. The van der Waals surface area contributed by atoms with Crippen molar-refractivity contribution in [2.24, 2.45) is 5.92 Å². The molecule has 30 heavy (non-hydrogen) atoms. The molecule has 0 saturated carbocycles. The van der Waals surface area contributed by atoms with E-state index in [-0.39, 0.29) is 30.6 Å². The Morgan fingerprint density at radius 2 is 1.87 bits per heavy atom. The Balaban J connectivity index is 1.64. The zero-order chi connectivity index (χ0) is 21.9. The number of carbonyl (C=O) groups is 1. The number of amides is 1. The van der Waals surface area contributed by atoms with Crippen LogP contribution in [0.5, 0.6) is 5.75 Å². The molecule has 1 aliphatic rings. The average Bonchev–Trinajstić information content (AvgIpc) is 2.71. The summed E-state index contributed by atoms with van der Waals surface area (Å²) in [5.41, 5.74) is -0.878. The van der Waals surface area contributed by atoms with Crippen LogP contribution < -0.4 is 21.3 Å². The SMILES string of the molecule is COc1ccccc1CNC(=O)C1CCN(S(=O)(=O)c2c(C)[nH]c(=O)[nH]c2=O)CC1. The van der Waals surface area contributed by atoms with Crippen LogP contribution >= 0.6 is 0 Å². The molecule has 10 nitrogen and oxygen atoms in total. The molecule has 3 rings (SSSR count). The monoisotopic (exact) mass is 436 g/mol. The van der Waals surface area contributed by atoms with Crippen molar-refractivity contribution in [1.29, 1.82) is 0 Å². The lowest BCUT2D eigenvalue weighted by Crippen LogP contribution is -2.44. The van der Waals surface area contributed by atoms with E-state index in [1.165, 1.54) is 11.2 Å². The third-order valence-corrected chi connectivity index (χ3v) is 7.20. The summed E-state index contributed by atoms with van der Waals surface area (Å²) in [4.78, 5) is 39.7. The maximum atomic E-state index is 12.9. The number of methoxy groups -OCH3 is 1. The predicted octanol–water partition coefficient (Wildman–Crippen LogP) is 0.0973. The van der Waals surface area contributed by atoms with Gasteiger partial charge in [0.05, 0.1) is 7.11 Å². The van der Waals surface area contributed by atoms with Gasteiger partial charge in [-0.05, 0) is 25.8 Å². The van der Waals surface area contributed by atoms with Crippen LogP contribution in [0, 0.1) is 12.8 Å². The summed E-state index contributed by atoms with van der Waals surface area (Å²) >= 11 is 0. The number of sulfonamides is 1. The summed E-state index contributed by atoms with van der Waals surface area (Å²) in [5.74, 6) is 0.192. The minimum Gasteiger partial charge on any atom is -0.496 e. The van der Waals surface area contributed by atoms with E-state index in [4.69, 9.17) is 4.74 Å². The van der Waals surface area contributed by atoms with E-state index in [9.17, 15) is 22.8 Å². The maximum Gasteiger partial charge on any atom is 0.325 e. The van der Waals surface area contributed by atoms with E-state index >= 15 is 0 Å². The van der Waals surface area contributed by atoms with E-state index in [0.29, 0.717) is 25.1 Å². The van der Waals surface area contributed by atoms with Gasteiger partial charge in [-0.2, -0.15) is 4.31 Å². The fourth-order valence-electron chi connectivity index (χ4n) is 3.56. The topological polar surface area (TPSA) is 141 Å². The Hall–Kier alpha value is -2.92. The van der Waals surface area contributed by atoms with Crippen molar-refractivity contribution >= 4 is 15.9 Å². The fraction of sp³-hybridized carbons (Fsp3) is 0.421. The number of hydrogen-bond acceptors (Lipinski definition) is 6. The van der Waals surface area contributed by atoms with Crippen LogP contribution in [0.25, 0.3) is 0 Å². The van der Waals surface area contributed by atoms with Gasteiger partial charge in [-0.1, -0.05) is 18.2 Å². The summed E-state index contributed by atoms with van der Waals surface area (Å²) in [7, 11) is -2.52. The van der Waals surface area contributed by atoms with Crippen LogP contribution in [0.4, 0.5) is 0 Å². The molecule has 11 heteroatoms. The van der Waals surface area contributed by atoms with E-state index in [1.807, 2.05) is 29.2 Å². The van der Waals surface area contributed by atoms with Crippen LogP contribution in [-0.2, 0) is 21.4 Å². The second kappa shape index (κ2) is 8.84. The van der Waals surface area contributed by atoms with E-state index in [2.05, 4.69) is 10.3 Å². The molecule has 1 amide bonds. The maximum absolute atomic E-state index is 12.9. The minimum absolute atomic E-state index is 0.0135. The number of piperidine rings is 1. The quantitative estimate of drug-likeness (QED) is 0.586. The van der Waals surface area contributed by atoms with Crippen molar-refractivity contribution in [2.75, 3.05) is 20.2 Å². The first-order valence-corrected chi connectivity index (χ1v) is 10.9. The Bertz CT molecular complexity index is 1150. The molecule has 0 unspecified atom stereocenters. The number of rotatable bonds is 6. The number of nitrogens with zero attached hydrogens (tertiary/aromatic N) is 1. The first-order valence-electron chi connectivity index (χ1n) is 9.47. The lowest BCUT2D eigenvalue weighted by Gasteiger charge is -2.30. The molecule has 1 aliphatic heterocycles. The largest absolute Gasteiger partial charge is 0.496 e. The highest BCUT2D eigenvalue weighted by molar-refractivity contribution is 7.89. The number of benzene rings is 1. The number of nitrogens with one attached hydrogen (secondary N) is 3. The highest BCUT2D eigenvalue weighted by Crippen LogP contribution is 2.24. The van der Waals surface area contributed by atoms with Gasteiger partial charge < -0.3 is 15.0 Å². The van der Waals surface area contributed by atoms with Crippen molar-refractivity contribution < 1.29 is 17.9 Å². The zero-order valence-electron chi connectivity index (χ0n) is 16.7. The summed E-state index contributed by atoms with van der Waals surface area (Å²) in [6.45, 7) is 1.88. The predicted molar refractivity (Wildman–Crippen MR) is 109 cm³/mol. The third kappa shape index (κ3) is 4.46. The van der Waals surface area contributed by atoms with Gasteiger partial charge in [0, 0.05) is 36.8 Å². The van der Waals surface area contributed by atoms with Crippen LogP contribution in [0.1, 0.15) is 24.1 Å². The van der Waals surface area contributed by atoms with Gasteiger partial charge in [0.25, 0.3) is 5.56 Å². The Kier molecular flexibility index (Phi) is 6.42. The number of aromatic nitrogens is 2. The standard InChI is InChI=1S/C19H24N4O6S/c1-12-16(18(25)22-19(26)21-12)30(27,28)23-9-7-13(8-10-23)17(24)20-11-14-5-3-4-6-15(14)29-2/h3-6,13H,7-11H2,1-2H3,(H,20,24)(H2,21,22,25,26). The van der Waals surface area contributed by atoms with Gasteiger partial charge in [0.2, 0.25) is 15.9 Å². The number of para-hydroxylation sites is 1. The van der Waals surface area contributed by atoms with Crippen molar-refractivity contribution in [3.8, 4) is 5.75 Å². The van der Waals surface area contributed by atoms with E-state index in [0.717, 1.165) is 5.56 Å². The third-order valence-electron chi connectivity index (χ3n) is 5.14. The summed E-state index contributed by atoms with van der Waals surface area (Å²) < 4.78 is 32.2. The van der Waals surface area contributed by atoms with Crippen LogP contribution in [-0.4, -0.2) is 48.8 Å². The highest BCUT2D eigenvalue weighted by atomic mass is 32.2. The first-order chi connectivity index (χ1) is 14.2. The Morgan fingerprint density at radius 1 is 1.20 bits per heavy atom. The summed E-state index contributed by atoms with van der Waals surface area (Å²) in [6, 6.07) is 7.37. The van der Waals surface area contributed by atoms with Gasteiger partial charge in [0.15, 0.2) is 4.90 Å². The lowest BCUT2D eigenvalue weighted by atomic mass is 9.97. The molecule has 0 atom stereocenters. The second-order valence-corrected chi connectivity index (χ2v) is 8.95. The van der Waals surface area contributed by atoms with Crippen molar-refractivity contribution in [3.63, 3.8) is 0 Å². The van der Waals surface area contributed by atoms with Crippen molar-refractivity contribution in [2.45, 2.75) is 31.2 Å². The molecule has 1 aromatic carbocycles. The van der Waals surface area contributed by atoms with Crippen LogP contribution in [0.15, 0.2) is 38.8 Å². The molecule has 0 aliphatic carbocycles. The number of hydrogen-bond donors (Lipinski definition) is 3. The first kappa shape index (κ1) is 21.8. The molecule has 162 valence electrons. The van der Waals surface area contributed by atoms with Gasteiger partial charge in [-0.15, -0.1) is 0 Å². The molecular formula is C19H24N4O6S. The van der Waals surface area contributed by atoms with Crippen LogP contribution in [0.2, 0.25) is 0 Å². The fourth-order valence-corrected chi connectivity index (χ4v) is 5.24. The highest BCUT2D eigenvalue weighted by Gasteiger charge is 2.34. The lowest BCUT2D eigenvalue weighted by molar-refractivity contribution is -0.126. The van der Waals surface area contributed by atoms with E-state index < -0.39 is 26.2 Å². The normalized spacial score (nSPS) is 15.7.